The molecule has 1 saturated carbocycles. The molecule has 2 N–H and O–H groups in total. The van der Waals surface area contributed by atoms with Crippen molar-refractivity contribution in [3.05, 3.63) is 23.8 Å². The predicted molar refractivity (Wildman–Crippen MR) is 110 cm³/mol. The van der Waals surface area contributed by atoms with Gasteiger partial charge in [0.1, 0.15) is 18.8 Å². The van der Waals surface area contributed by atoms with E-state index in [1.54, 1.807) is 7.11 Å². The fourth-order valence-corrected chi connectivity index (χ4v) is 5.18. The van der Waals surface area contributed by atoms with Crippen LogP contribution in [0.5, 0.6) is 5.75 Å². The van der Waals surface area contributed by atoms with Crippen LogP contribution in [0.25, 0.3) is 0 Å². The molecular formula is C22H35N2O3+. The second-order valence-corrected chi connectivity index (χ2v) is 8.35. The molecule has 1 aliphatic heterocycles. The Bertz CT molecular complexity index is 654. The third kappa shape index (κ3) is 3.72. The monoisotopic (exact) mass is 375 g/mol. The quantitative estimate of drug-likeness (QED) is 0.729. The number of piperazine rings is 1. The summed E-state index contributed by atoms with van der Waals surface area (Å²) in [6.45, 7) is 7.24. The van der Waals surface area contributed by atoms with Gasteiger partial charge in [-0.05, 0) is 49.1 Å². The zero-order valence-corrected chi connectivity index (χ0v) is 17.1. The normalized spacial score (nSPS) is 22.3. The first-order valence-electron chi connectivity index (χ1n) is 10.5. The fourth-order valence-electron chi connectivity index (χ4n) is 5.18. The topological polar surface area (TPSA) is 58.6 Å². The van der Waals surface area contributed by atoms with Crippen molar-refractivity contribution in [2.45, 2.75) is 58.3 Å². The molecule has 1 aromatic rings. The minimum atomic E-state index is -0.752. The maximum absolute atomic E-state index is 12.4. The second-order valence-electron chi connectivity index (χ2n) is 8.35. The smallest absolute Gasteiger partial charge is 0.497 e. The minimum absolute atomic E-state index is 0.0166. The molecule has 2 fully saturated rings. The molecule has 1 aromatic carbocycles. The van der Waals surface area contributed by atoms with E-state index in [1.165, 1.54) is 31.2 Å². The van der Waals surface area contributed by atoms with Crippen LogP contribution in [0.4, 0.5) is 10.5 Å². The summed E-state index contributed by atoms with van der Waals surface area (Å²) in [6.07, 6.45) is 6.52. The first-order valence-corrected chi connectivity index (χ1v) is 10.5. The van der Waals surface area contributed by atoms with E-state index in [2.05, 4.69) is 25.2 Å². The van der Waals surface area contributed by atoms with Crippen molar-refractivity contribution in [2.75, 3.05) is 33.3 Å². The largest absolute Gasteiger partial charge is 0.518 e. The van der Waals surface area contributed by atoms with Crippen molar-refractivity contribution in [2.24, 2.45) is 5.41 Å². The molecule has 150 valence electrons. The third-order valence-electron chi connectivity index (χ3n) is 7.39. The molecule has 3 rings (SSSR count). The number of hydrogen-bond acceptors (Lipinski definition) is 3. The highest BCUT2D eigenvalue weighted by Crippen LogP contribution is 2.49. The molecule has 1 amide bonds. The average Bonchev–Trinajstić information content (AvgIpc) is 2.73. The molecule has 0 bridgehead atoms. The Kier molecular flexibility index (Phi) is 6.11. The lowest BCUT2D eigenvalue weighted by molar-refractivity contribution is 0.137. The Morgan fingerprint density at radius 1 is 1.22 bits per heavy atom. The lowest BCUT2D eigenvalue weighted by atomic mass is 9.66. The van der Waals surface area contributed by atoms with Gasteiger partial charge in [0.15, 0.2) is 5.69 Å². The van der Waals surface area contributed by atoms with Crippen LogP contribution in [0.3, 0.4) is 0 Å². The summed E-state index contributed by atoms with van der Waals surface area (Å²) in [5, 5.41) is 13.5. The Morgan fingerprint density at radius 2 is 1.85 bits per heavy atom. The Balaban J connectivity index is 1.98. The maximum Gasteiger partial charge on any atom is 0.518 e. The van der Waals surface area contributed by atoms with Crippen LogP contribution in [0, 0.1) is 5.41 Å². The number of quaternary nitrogens is 1. The predicted octanol–water partition coefficient (Wildman–Crippen LogP) is 4.75. The summed E-state index contributed by atoms with van der Waals surface area (Å²) in [7, 11) is 1.65. The first kappa shape index (κ1) is 20.2. The van der Waals surface area contributed by atoms with Gasteiger partial charge in [-0.15, -0.1) is 0 Å². The number of carboxylic acid groups (broad SMARTS) is 1. The average molecular weight is 376 g/mol. The second kappa shape index (κ2) is 8.19. The summed E-state index contributed by atoms with van der Waals surface area (Å²) in [5.74, 6) is 1.19. The summed E-state index contributed by atoms with van der Waals surface area (Å²) in [6, 6.07) is 6.12. The molecular weight excluding hydrogens is 340 g/mol. The third-order valence-corrected chi connectivity index (χ3v) is 7.39. The first-order chi connectivity index (χ1) is 13.0. The van der Waals surface area contributed by atoms with E-state index in [0.717, 1.165) is 37.4 Å². The van der Waals surface area contributed by atoms with E-state index in [4.69, 9.17) is 4.74 Å². The standard InChI is InChI=1S/C22H34N2O3/c1-4-22(5-2)10-8-17(9-11-22)19-7-6-18(27-3)16-20(19)24(21(25)26)14-12-23-13-15-24/h6-7,16-17,23H,4-5,8-15H2,1-3H3/p+1. The number of benzene rings is 1. The highest BCUT2D eigenvalue weighted by Gasteiger charge is 2.44. The summed E-state index contributed by atoms with van der Waals surface area (Å²) in [4.78, 5) is 12.4. The summed E-state index contributed by atoms with van der Waals surface area (Å²) in [5.41, 5.74) is 2.65. The molecule has 1 heterocycles. The van der Waals surface area contributed by atoms with Crippen molar-refractivity contribution in [1.29, 1.82) is 0 Å². The number of carbonyl (C=O) groups is 1. The van der Waals surface area contributed by atoms with Crippen LogP contribution in [0.1, 0.15) is 63.9 Å². The molecule has 27 heavy (non-hydrogen) atoms. The van der Waals surface area contributed by atoms with Crippen LogP contribution in [0.2, 0.25) is 0 Å². The molecule has 5 nitrogen and oxygen atoms in total. The van der Waals surface area contributed by atoms with Gasteiger partial charge in [-0.1, -0.05) is 26.7 Å². The molecule has 5 heteroatoms. The van der Waals surface area contributed by atoms with Gasteiger partial charge in [0.05, 0.1) is 7.11 Å². The van der Waals surface area contributed by atoms with Crippen molar-refractivity contribution < 1.29 is 14.6 Å². The fraction of sp³-hybridized carbons (Fsp3) is 0.682. The van der Waals surface area contributed by atoms with E-state index < -0.39 is 6.09 Å². The van der Waals surface area contributed by atoms with Crippen molar-refractivity contribution in [1.82, 2.24) is 9.80 Å². The van der Waals surface area contributed by atoms with Crippen molar-refractivity contribution >= 4 is 11.8 Å². The number of nitrogens with zero attached hydrogens (tertiary/aromatic N) is 1. The molecule has 0 atom stereocenters. The van der Waals surface area contributed by atoms with Gasteiger partial charge in [-0.3, -0.25) is 0 Å². The number of ether oxygens (including phenoxy) is 1. The zero-order chi connectivity index (χ0) is 19.5. The lowest BCUT2D eigenvalue weighted by Gasteiger charge is -2.41. The van der Waals surface area contributed by atoms with Crippen LogP contribution in [-0.4, -0.2) is 44.5 Å². The summed E-state index contributed by atoms with van der Waals surface area (Å²) < 4.78 is 5.48. The molecule has 1 saturated heterocycles. The summed E-state index contributed by atoms with van der Waals surface area (Å²) >= 11 is 0. The van der Waals surface area contributed by atoms with E-state index in [0.29, 0.717) is 24.4 Å². The van der Waals surface area contributed by atoms with E-state index in [-0.39, 0.29) is 4.48 Å². The number of hydrogen-bond donors (Lipinski definition) is 2. The van der Waals surface area contributed by atoms with E-state index >= 15 is 0 Å². The molecule has 1 aliphatic carbocycles. The van der Waals surface area contributed by atoms with Gasteiger partial charge < -0.3 is 15.2 Å². The Morgan fingerprint density at radius 3 is 2.37 bits per heavy atom. The number of nitrogens with one attached hydrogen (secondary N) is 1. The number of amides is 1. The van der Waals surface area contributed by atoms with E-state index in [1.807, 2.05) is 12.1 Å². The van der Waals surface area contributed by atoms with Gasteiger partial charge >= 0.3 is 6.09 Å². The van der Waals surface area contributed by atoms with Gasteiger partial charge in [-0.2, -0.15) is 9.28 Å². The Hall–Kier alpha value is -1.59. The van der Waals surface area contributed by atoms with Gasteiger partial charge in [0.2, 0.25) is 0 Å². The SMILES string of the molecule is CCC1(CC)CCC(c2ccc(OC)cc2[N+]2(C(=O)O)CCNCC2)CC1. The highest BCUT2D eigenvalue weighted by atomic mass is 16.5. The van der Waals surface area contributed by atoms with Gasteiger partial charge in [0.25, 0.3) is 0 Å². The molecule has 0 aromatic heterocycles. The van der Waals surface area contributed by atoms with Crippen LogP contribution in [-0.2, 0) is 0 Å². The molecule has 0 radical (unpaired) electrons. The van der Waals surface area contributed by atoms with Crippen LogP contribution >= 0.6 is 0 Å². The highest BCUT2D eigenvalue weighted by molar-refractivity contribution is 5.83. The zero-order valence-electron chi connectivity index (χ0n) is 17.1. The number of methoxy groups -OCH3 is 1. The number of rotatable bonds is 5. The molecule has 2 aliphatic rings. The van der Waals surface area contributed by atoms with E-state index in [9.17, 15) is 9.90 Å². The van der Waals surface area contributed by atoms with Gasteiger partial charge in [0, 0.05) is 24.7 Å². The minimum Gasteiger partial charge on any atom is -0.497 e. The molecule has 0 spiro atoms. The maximum atomic E-state index is 12.4. The lowest BCUT2D eigenvalue weighted by Crippen LogP contribution is -2.63. The van der Waals surface area contributed by atoms with Crippen LogP contribution in [0.15, 0.2) is 18.2 Å². The molecule has 0 unspecified atom stereocenters. The van der Waals surface area contributed by atoms with Gasteiger partial charge in [-0.25, -0.2) is 0 Å². The van der Waals surface area contributed by atoms with Crippen LogP contribution < -0.4 is 14.5 Å². The van der Waals surface area contributed by atoms with Crippen molar-refractivity contribution in [3.8, 4) is 5.75 Å². The Labute approximate surface area is 163 Å². The van der Waals surface area contributed by atoms with Crippen molar-refractivity contribution in [3.63, 3.8) is 0 Å².